The Hall–Kier alpha value is -1.70. The normalized spacial score (nSPS) is 24.4. The molecule has 0 aliphatic heterocycles. The maximum atomic E-state index is 12.9. The van der Waals surface area contributed by atoms with Crippen LogP contribution in [0.15, 0.2) is 39.8 Å². The number of hydrogen-bond donors (Lipinski definition) is 2. The van der Waals surface area contributed by atoms with Gasteiger partial charge in [0.1, 0.15) is 12.0 Å². The van der Waals surface area contributed by atoms with E-state index in [4.69, 9.17) is 10.2 Å². The third-order valence-corrected chi connectivity index (χ3v) is 6.80. The Balaban J connectivity index is 1.84. The monoisotopic (exact) mass is 363 g/mol. The van der Waals surface area contributed by atoms with Crippen molar-refractivity contribution in [3.05, 3.63) is 36.4 Å². The lowest BCUT2D eigenvalue weighted by molar-refractivity contribution is 0.191. The Morgan fingerprint density at radius 3 is 2.60 bits per heavy atom. The van der Waals surface area contributed by atoms with Crippen LogP contribution in [0, 0.1) is 12.8 Å². The van der Waals surface area contributed by atoms with E-state index in [2.05, 4.69) is 16.6 Å². The van der Waals surface area contributed by atoms with Gasteiger partial charge in [-0.3, -0.25) is 0 Å². The molecule has 1 aromatic carbocycles. The van der Waals surface area contributed by atoms with Gasteiger partial charge in [0.25, 0.3) is 0 Å². The van der Waals surface area contributed by atoms with Gasteiger partial charge >= 0.3 is 0 Å². The number of sulfonamides is 1. The first-order valence-corrected chi connectivity index (χ1v) is 10.1. The zero-order valence-electron chi connectivity index (χ0n) is 14.7. The van der Waals surface area contributed by atoms with Crippen molar-refractivity contribution in [2.75, 3.05) is 6.54 Å². The fourth-order valence-electron chi connectivity index (χ4n) is 3.54. The van der Waals surface area contributed by atoms with Crippen LogP contribution in [-0.2, 0) is 10.0 Å². The number of nitrogens with two attached hydrogens (primary N) is 1. The molecule has 6 nitrogen and oxygen atoms in total. The highest BCUT2D eigenvalue weighted by molar-refractivity contribution is 7.89. The van der Waals surface area contributed by atoms with Gasteiger partial charge in [-0.1, -0.05) is 31.9 Å². The largest absolute Gasteiger partial charge is 0.449 e. The van der Waals surface area contributed by atoms with Gasteiger partial charge in [0, 0.05) is 24.6 Å². The van der Waals surface area contributed by atoms with Crippen molar-refractivity contribution in [2.45, 2.75) is 50.0 Å². The summed E-state index contributed by atoms with van der Waals surface area (Å²) in [5.74, 6) is 0.794. The molecule has 7 heteroatoms. The molecule has 0 saturated heterocycles. The van der Waals surface area contributed by atoms with Gasteiger partial charge < -0.3 is 10.2 Å². The molecule has 0 bridgehead atoms. The number of rotatable bonds is 5. The SMILES string of the molecule is Cc1nc(-c2ccc(S(=O)(=O)NC3(CN)CCCCC3C)cc2)co1. The van der Waals surface area contributed by atoms with Crippen LogP contribution in [-0.4, -0.2) is 25.5 Å². The van der Waals surface area contributed by atoms with Crippen LogP contribution in [0.25, 0.3) is 11.3 Å². The number of aromatic nitrogens is 1. The summed E-state index contributed by atoms with van der Waals surface area (Å²) in [4.78, 5) is 4.49. The first-order chi connectivity index (χ1) is 11.9. The predicted octanol–water partition coefficient (Wildman–Crippen LogP) is 2.84. The molecule has 2 aromatic rings. The van der Waals surface area contributed by atoms with Gasteiger partial charge in [-0.2, -0.15) is 0 Å². The number of nitrogens with one attached hydrogen (secondary N) is 1. The van der Waals surface area contributed by atoms with E-state index in [1.807, 2.05) is 0 Å². The zero-order chi connectivity index (χ0) is 18.1. The summed E-state index contributed by atoms with van der Waals surface area (Å²) in [5.41, 5.74) is 6.92. The highest BCUT2D eigenvalue weighted by atomic mass is 32.2. The summed E-state index contributed by atoms with van der Waals surface area (Å²) in [6.45, 7) is 4.15. The van der Waals surface area contributed by atoms with Crippen LogP contribution in [0.3, 0.4) is 0 Å². The van der Waals surface area contributed by atoms with E-state index < -0.39 is 15.6 Å². The summed E-state index contributed by atoms with van der Waals surface area (Å²) in [6, 6.07) is 6.68. The minimum absolute atomic E-state index is 0.221. The van der Waals surface area contributed by atoms with Crippen LogP contribution < -0.4 is 10.5 Å². The first kappa shape index (κ1) is 18.1. The second-order valence-corrected chi connectivity index (χ2v) is 8.57. The van der Waals surface area contributed by atoms with Crippen LogP contribution in [0.1, 0.15) is 38.5 Å². The molecular weight excluding hydrogens is 338 g/mol. The van der Waals surface area contributed by atoms with Gasteiger partial charge in [-0.25, -0.2) is 18.1 Å². The second-order valence-electron chi connectivity index (χ2n) is 6.89. The maximum absolute atomic E-state index is 12.9. The molecule has 1 aliphatic carbocycles. The Morgan fingerprint density at radius 2 is 2.04 bits per heavy atom. The Bertz CT molecular complexity index is 830. The second kappa shape index (κ2) is 6.90. The van der Waals surface area contributed by atoms with Crippen LogP contribution in [0.4, 0.5) is 0 Å². The average Bonchev–Trinajstić information content (AvgIpc) is 3.03. The molecule has 1 heterocycles. The van der Waals surface area contributed by atoms with Crippen LogP contribution in [0.2, 0.25) is 0 Å². The summed E-state index contributed by atoms with van der Waals surface area (Å²) >= 11 is 0. The van der Waals surface area contributed by atoms with E-state index in [1.54, 1.807) is 37.5 Å². The van der Waals surface area contributed by atoms with Crippen molar-refractivity contribution in [3.63, 3.8) is 0 Å². The molecule has 25 heavy (non-hydrogen) atoms. The zero-order valence-corrected chi connectivity index (χ0v) is 15.5. The van der Waals surface area contributed by atoms with E-state index in [0.717, 1.165) is 31.2 Å². The number of aryl methyl sites for hydroxylation is 1. The standard InChI is InChI=1S/C18H25N3O3S/c1-13-5-3-4-10-18(13,12-19)21-25(22,23)16-8-6-15(7-9-16)17-11-24-14(2)20-17/h6-9,11,13,21H,3-5,10,12,19H2,1-2H3. The fraction of sp³-hybridized carbons (Fsp3) is 0.500. The highest BCUT2D eigenvalue weighted by Crippen LogP contribution is 2.34. The Labute approximate surface area is 148 Å². The third kappa shape index (κ3) is 3.63. The molecule has 1 saturated carbocycles. The Kier molecular flexibility index (Phi) is 4.99. The van der Waals surface area contributed by atoms with Crippen molar-refractivity contribution in [3.8, 4) is 11.3 Å². The lowest BCUT2D eigenvalue weighted by Gasteiger charge is -2.42. The van der Waals surface area contributed by atoms with Crippen LogP contribution >= 0.6 is 0 Å². The molecule has 0 spiro atoms. The summed E-state index contributed by atoms with van der Waals surface area (Å²) in [6.07, 6.45) is 5.44. The quantitative estimate of drug-likeness (QED) is 0.851. The van der Waals surface area contributed by atoms with E-state index in [9.17, 15) is 8.42 Å². The minimum Gasteiger partial charge on any atom is -0.449 e. The van der Waals surface area contributed by atoms with Crippen LogP contribution in [0.5, 0.6) is 0 Å². The number of hydrogen-bond acceptors (Lipinski definition) is 5. The van der Waals surface area contributed by atoms with Crippen molar-refractivity contribution in [1.82, 2.24) is 9.71 Å². The minimum atomic E-state index is -3.63. The molecule has 1 aromatic heterocycles. The molecular formula is C18H25N3O3S. The summed E-state index contributed by atoms with van der Waals surface area (Å²) in [5, 5.41) is 0. The van der Waals surface area contributed by atoms with E-state index in [-0.39, 0.29) is 10.8 Å². The van der Waals surface area contributed by atoms with Gasteiger partial charge in [0.15, 0.2) is 5.89 Å². The smallest absolute Gasteiger partial charge is 0.241 e. The number of nitrogens with zero attached hydrogens (tertiary/aromatic N) is 1. The topological polar surface area (TPSA) is 98.2 Å². The first-order valence-electron chi connectivity index (χ1n) is 8.63. The Morgan fingerprint density at radius 1 is 1.32 bits per heavy atom. The highest BCUT2D eigenvalue weighted by Gasteiger charge is 2.40. The van der Waals surface area contributed by atoms with Gasteiger partial charge in [-0.05, 0) is 30.9 Å². The van der Waals surface area contributed by atoms with E-state index in [1.165, 1.54) is 0 Å². The van der Waals surface area contributed by atoms with Gasteiger partial charge in [-0.15, -0.1) is 0 Å². The average molecular weight is 363 g/mol. The third-order valence-electron chi connectivity index (χ3n) is 5.23. The van der Waals surface area contributed by atoms with E-state index >= 15 is 0 Å². The molecule has 136 valence electrons. The van der Waals surface area contributed by atoms with Crippen molar-refractivity contribution in [1.29, 1.82) is 0 Å². The van der Waals surface area contributed by atoms with Gasteiger partial charge in [0.05, 0.1) is 4.90 Å². The molecule has 3 N–H and O–H groups in total. The molecule has 0 radical (unpaired) electrons. The van der Waals surface area contributed by atoms with Crippen molar-refractivity contribution < 1.29 is 12.8 Å². The maximum Gasteiger partial charge on any atom is 0.241 e. The molecule has 3 rings (SSSR count). The molecule has 1 aliphatic rings. The van der Waals surface area contributed by atoms with Crippen molar-refractivity contribution in [2.24, 2.45) is 11.7 Å². The lowest BCUT2D eigenvalue weighted by Crippen LogP contribution is -2.58. The van der Waals surface area contributed by atoms with E-state index in [0.29, 0.717) is 18.1 Å². The molecule has 2 unspecified atom stereocenters. The van der Waals surface area contributed by atoms with Crippen molar-refractivity contribution >= 4 is 10.0 Å². The summed E-state index contributed by atoms with van der Waals surface area (Å²) in [7, 11) is -3.63. The lowest BCUT2D eigenvalue weighted by atomic mass is 9.74. The van der Waals surface area contributed by atoms with Gasteiger partial charge in [0.2, 0.25) is 10.0 Å². The predicted molar refractivity (Wildman–Crippen MR) is 96.4 cm³/mol. The molecule has 1 fully saturated rings. The number of oxazole rings is 1. The number of benzene rings is 1. The fourth-order valence-corrected chi connectivity index (χ4v) is 5.07. The molecule has 0 amide bonds. The summed E-state index contributed by atoms with van der Waals surface area (Å²) < 4.78 is 33.8. The molecule has 2 atom stereocenters.